The molecule has 0 aliphatic carbocycles. The number of fused-ring (bicyclic) bond motifs is 1. The maximum atomic E-state index is 12.6. The van der Waals surface area contributed by atoms with E-state index >= 15 is 0 Å². The molecule has 2 aromatic carbocycles. The number of nitrogens with one attached hydrogen (secondary N) is 2. The maximum absolute atomic E-state index is 12.6. The molecule has 2 N–H and O–H groups in total. The number of unbranched alkanes of at least 4 members (excludes halogenated alkanes) is 1. The van der Waals surface area contributed by atoms with Crippen molar-refractivity contribution in [2.24, 2.45) is 0 Å². The van der Waals surface area contributed by atoms with Crippen LogP contribution in [0.4, 0.5) is 10.8 Å². The van der Waals surface area contributed by atoms with Crippen LogP contribution in [-0.4, -0.2) is 27.9 Å². The van der Waals surface area contributed by atoms with Crippen molar-refractivity contribution in [3.8, 4) is 0 Å². The third kappa shape index (κ3) is 4.74. The lowest BCUT2D eigenvalue weighted by Gasteiger charge is -2.12. The molecule has 0 radical (unpaired) electrons. The molecule has 0 saturated carbocycles. The number of amides is 1. The quantitative estimate of drug-likeness (QED) is 0.420. The van der Waals surface area contributed by atoms with Crippen LogP contribution in [0, 0.1) is 0 Å². The summed E-state index contributed by atoms with van der Waals surface area (Å²) in [5.41, 5.74) is 0.833. The molecule has 3 rings (SSSR count). The predicted molar refractivity (Wildman–Crippen MR) is 111 cm³/mol. The highest BCUT2D eigenvalue weighted by Gasteiger charge is 2.18. The highest BCUT2D eigenvalue weighted by Crippen LogP contribution is 2.30. The second-order valence-electron chi connectivity index (χ2n) is 5.93. The van der Waals surface area contributed by atoms with Crippen molar-refractivity contribution in [1.29, 1.82) is 0 Å². The third-order valence-corrected chi connectivity index (χ3v) is 5.97. The van der Waals surface area contributed by atoms with Gasteiger partial charge in [0.1, 0.15) is 0 Å². The summed E-state index contributed by atoms with van der Waals surface area (Å²) in [6.07, 6.45) is 2.24. The van der Waals surface area contributed by atoms with Crippen LogP contribution in [0.2, 0.25) is 0 Å². The molecule has 1 unspecified atom stereocenters. The Labute approximate surface area is 161 Å². The molecule has 3 aromatic rings. The van der Waals surface area contributed by atoms with Gasteiger partial charge in [-0.3, -0.25) is 4.79 Å². The van der Waals surface area contributed by atoms with Crippen LogP contribution < -0.4 is 10.6 Å². The van der Waals surface area contributed by atoms with Gasteiger partial charge in [-0.2, -0.15) is 0 Å². The van der Waals surface area contributed by atoms with Crippen LogP contribution in [-0.2, 0) is 4.79 Å². The number of nitrogens with zero attached hydrogens (tertiary/aromatic N) is 2. The second kappa shape index (κ2) is 9.00. The Kier molecular flexibility index (Phi) is 6.46. The zero-order valence-corrected chi connectivity index (χ0v) is 16.5. The van der Waals surface area contributed by atoms with Gasteiger partial charge >= 0.3 is 0 Å². The first-order valence-corrected chi connectivity index (χ1v) is 10.4. The van der Waals surface area contributed by atoms with E-state index in [4.69, 9.17) is 0 Å². The highest BCUT2D eigenvalue weighted by atomic mass is 32.2. The van der Waals surface area contributed by atoms with E-state index in [1.165, 1.54) is 23.1 Å². The minimum atomic E-state index is -0.259. The van der Waals surface area contributed by atoms with Crippen LogP contribution in [0.1, 0.15) is 26.7 Å². The van der Waals surface area contributed by atoms with E-state index in [0.717, 1.165) is 45.3 Å². The highest BCUT2D eigenvalue weighted by molar-refractivity contribution is 8.02. The monoisotopic (exact) mass is 386 g/mol. The van der Waals surface area contributed by atoms with Crippen LogP contribution >= 0.6 is 23.1 Å². The molecule has 1 aromatic heterocycles. The van der Waals surface area contributed by atoms with E-state index in [1.807, 2.05) is 49.4 Å². The minimum Gasteiger partial charge on any atom is -0.360 e. The number of thioether (sulfide) groups is 1. The zero-order chi connectivity index (χ0) is 18.4. The van der Waals surface area contributed by atoms with E-state index in [1.54, 1.807) is 0 Å². The largest absolute Gasteiger partial charge is 0.360 e. The van der Waals surface area contributed by atoms with Gasteiger partial charge in [0, 0.05) is 17.6 Å². The number of carbonyl (C=O) groups is 1. The van der Waals surface area contributed by atoms with Gasteiger partial charge in [-0.25, -0.2) is 0 Å². The Morgan fingerprint density at radius 3 is 2.85 bits per heavy atom. The first-order valence-electron chi connectivity index (χ1n) is 8.70. The van der Waals surface area contributed by atoms with Gasteiger partial charge in [-0.1, -0.05) is 72.8 Å². The molecule has 7 heteroatoms. The second-order valence-corrected chi connectivity index (χ2v) is 8.49. The Balaban J connectivity index is 1.61. The van der Waals surface area contributed by atoms with Crippen molar-refractivity contribution in [3.63, 3.8) is 0 Å². The van der Waals surface area contributed by atoms with E-state index in [2.05, 4.69) is 27.8 Å². The smallest absolute Gasteiger partial charge is 0.237 e. The molecule has 0 saturated heterocycles. The predicted octanol–water partition coefficient (Wildman–Crippen LogP) is 5.02. The fourth-order valence-electron chi connectivity index (χ4n) is 2.47. The number of aromatic nitrogens is 2. The maximum Gasteiger partial charge on any atom is 0.237 e. The molecule has 0 aliphatic heterocycles. The van der Waals surface area contributed by atoms with Crippen molar-refractivity contribution in [2.75, 3.05) is 17.2 Å². The Hall–Kier alpha value is -2.12. The average Bonchev–Trinajstić information content (AvgIpc) is 3.09. The SMILES string of the molecule is CCCCNc1nnc(SC(C)C(=O)Nc2cccc3ccccc23)s1. The Morgan fingerprint density at radius 2 is 2.00 bits per heavy atom. The van der Waals surface area contributed by atoms with Crippen LogP contribution in [0.25, 0.3) is 10.8 Å². The number of benzene rings is 2. The van der Waals surface area contributed by atoms with Gasteiger partial charge in [0.2, 0.25) is 11.0 Å². The average molecular weight is 387 g/mol. The molecule has 1 atom stereocenters. The fraction of sp³-hybridized carbons (Fsp3) is 0.316. The van der Waals surface area contributed by atoms with E-state index in [-0.39, 0.29) is 11.2 Å². The number of rotatable bonds is 8. The van der Waals surface area contributed by atoms with Crippen molar-refractivity contribution in [2.45, 2.75) is 36.3 Å². The third-order valence-electron chi connectivity index (χ3n) is 3.91. The summed E-state index contributed by atoms with van der Waals surface area (Å²) >= 11 is 2.92. The first kappa shape index (κ1) is 18.7. The lowest BCUT2D eigenvalue weighted by molar-refractivity contribution is -0.115. The summed E-state index contributed by atoms with van der Waals surface area (Å²) in [6.45, 7) is 4.93. The number of anilines is 2. The van der Waals surface area contributed by atoms with Crippen molar-refractivity contribution in [1.82, 2.24) is 10.2 Å². The molecule has 1 amide bonds. The van der Waals surface area contributed by atoms with E-state index in [0.29, 0.717) is 0 Å². The van der Waals surface area contributed by atoms with Crippen molar-refractivity contribution >= 4 is 50.6 Å². The van der Waals surface area contributed by atoms with Gasteiger partial charge in [0.15, 0.2) is 4.34 Å². The van der Waals surface area contributed by atoms with Gasteiger partial charge in [-0.05, 0) is 24.8 Å². The van der Waals surface area contributed by atoms with Gasteiger partial charge in [0.25, 0.3) is 0 Å². The minimum absolute atomic E-state index is 0.0398. The molecular formula is C19H22N4OS2. The van der Waals surface area contributed by atoms with Crippen LogP contribution in [0.3, 0.4) is 0 Å². The van der Waals surface area contributed by atoms with Crippen molar-refractivity contribution in [3.05, 3.63) is 42.5 Å². The molecule has 0 fully saturated rings. The lowest BCUT2D eigenvalue weighted by atomic mass is 10.1. The van der Waals surface area contributed by atoms with Gasteiger partial charge < -0.3 is 10.6 Å². The molecular weight excluding hydrogens is 364 g/mol. The summed E-state index contributed by atoms with van der Waals surface area (Å²) in [6, 6.07) is 13.9. The molecule has 5 nitrogen and oxygen atoms in total. The van der Waals surface area contributed by atoms with E-state index < -0.39 is 0 Å². The molecule has 0 spiro atoms. The molecule has 136 valence electrons. The normalized spacial score (nSPS) is 12.1. The van der Waals surface area contributed by atoms with Crippen LogP contribution in [0.5, 0.6) is 0 Å². The Bertz CT molecular complexity index is 875. The summed E-state index contributed by atoms with van der Waals surface area (Å²) in [5.74, 6) is -0.0398. The summed E-state index contributed by atoms with van der Waals surface area (Å²) in [7, 11) is 0. The molecule has 0 aliphatic rings. The van der Waals surface area contributed by atoms with Gasteiger partial charge in [0.05, 0.1) is 5.25 Å². The number of hydrogen-bond donors (Lipinski definition) is 2. The molecule has 26 heavy (non-hydrogen) atoms. The summed E-state index contributed by atoms with van der Waals surface area (Å²) in [4.78, 5) is 12.6. The molecule has 0 bridgehead atoms. The van der Waals surface area contributed by atoms with Crippen LogP contribution in [0.15, 0.2) is 46.8 Å². The Morgan fingerprint density at radius 1 is 1.19 bits per heavy atom. The molecule has 1 heterocycles. The number of hydrogen-bond acceptors (Lipinski definition) is 6. The van der Waals surface area contributed by atoms with Crippen molar-refractivity contribution < 1.29 is 4.79 Å². The summed E-state index contributed by atoms with van der Waals surface area (Å²) < 4.78 is 0.796. The van der Waals surface area contributed by atoms with E-state index in [9.17, 15) is 4.79 Å². The van der Waals surface area contributed by atoms with Gasteiger partial charge in [-0.15, -0.1) is 10.2 Å². The standard InChI is InChI=1S/C19H22N4OS2/c1-3-4-12-20-18-22-23-19(26-18)25-13(2)17(24)21-16-11-7-9-14-8-5-6-10-15(14)16/h5-11,13H,3-4,12H2,1-2H3,(H,20,22)(H,21,24). The topological polar surface area (TPSA) is 66.9 Å². The fourth-order valence-corrected chi connectivity index (χ4v) is 4.40. The first-order chi connectivity index (χ1) is 12.7. The lowest BCUT2D eigenvalue weighted by Crippen LogP contribution is -2.22. The number of carbonyl (C=O) groups excluding carboxylic acids is 1. The zero-order valence-electron chi connectivity index (χ0n) is 14.9. The summed E-state index contributed by atoms with van der Waals surface area (Å²) in [5, 5.41) is 17.3.